The van der Waals surface area contributed by atoms with E-state index in [4.69, 9.17) is 9.31 Å². The summed E-state index contributed by atoms with van der Waals surface area (Å²) in [5.74, 6) is 1.64. The molecule has 2 aromatic rings. The lowest BCUT2D eigenvalue weighted by molar-refractivity contribution is 0.459. The van der Waals surface area contributed by atoms with E-state index in [0.717, 1.165) is 11.5 Å². The van der Waals surface area contributed by atoms with E-state index < -0.39 is 0 Å². The van der Waals surface area contributed by atoms with Crippen LogP contribution in [0, 0.1) is 13.8 Å². The van der Waals surface area contributed by atoms with Crippen molar-refractivity contribution in [2.45, 2.75) is 13.8 Å². The van der Waals surface area contributed by atoms with E-state index in [2.05, 4.69) is 0 Å². The summed E-state index contributed by atoms with van der Waals surface area (Å²) in [5.41, 5.74) is 2.44. The molecule has 0 bridgehead atoms. The standard InChI is InChI=1S/C14H15BO2/c1-11-3-7-13(8-4-11)16-15-17-14-9-5-12(2)6-10-14/h3-10,15H,1-2H3. The van der Waals surface area contributed by atoms with Gasteiger partial charge < -0.3 is 9.31 Å². The van der Waals surface area contributed by atoms with Crippen LogP contribution < -0.4 is 9.31 Å². The zero-order chi connectivity index (χ0) is 12.1. The molecular weight excluding hydrogens is 211 g/mol. The van der Waals surface area contributed by atoms with Crippen LogP contribution in [0.15, 0.2) is 48.5 Å². The van der Waals surface area contributed by atoms with Crippen LogP contribution in [-0.4, -0.2) is 7.69 Å². The van der Waals surface area contributed by atoms with Gasteiger partial charge in [-0.2, -0.15) is 0 Å². The van der Waals surface area contributed by atoms with Crippen molar-refractivity contribution < 1.29 is 9.31 Å². The van der Waals surface area contributed by atoms with E-state index in [1.165, 1.54) is 11.1 Å². The van der Waals surface area contributed by atoms with Crippen LogP contribution in [0.3, 0.4) is 0 Å². The summed E-state index contributed by atoms with van der Waals surface area (Å²) in [6.45, 7) is 4.10. The Morgan fingerprint density at radius 1 is 0.647 bits per heavy atom. The maximum atomic E-state index is 5.47. The monoisotopic (exact) mass is 226 g/mol. The average Bonchev–Trinajstić information content (AvgIpc) is 2.34. The highest BCUT2D eigenvalue weighted by Gasteiger charge is 1.98. The summed E-state index contributed by atoms with van der Waals surface area (Å²) in [4.78, 5) is 0. The SMILES string of the molecule is Cc1ccc(OBOc2ccc(C)cc2)cc1. The lowest BCUT2D eigenvalue weighted by atomic mass is 10.2. The molecule has 0 unspecified atom stereocenters. The van der Waals surface area contributed by atoms with Gasteiger partial charge in [0.1, 0.15) is 11.5 Å². The van der Waals surface area contributed by atoms with Crippen molar-refractivity contribution in [2.24, 2.45) is 0 Å². The van der Waals surface area contributed by atoms with E-state index in [1.807, 2.05) is 62.4 Å². The molecule has 0 fully saturated rings. The van der Waals surface area contributed by atoms with Crippen LogP contribution in [0.1, 0.15) is 11.1 Å². The van der Waals surface area contributed by atoms with Crippen molar-refractivity contribution >= 4 is 7.69 Å². The summed E-state index contributed by atoms with van der Waals surface area (Å²) < 4.78 is 10.9. The maximum absolute atomic E-state index is 5.47. The minimum atomic E-state index is 0.228. The molecule has 0 heterocycles. The van der Waals surface area contributed by atoms with Gasteiger partial charge in [0, 0.05) is 0 Å². The Kier molecular flexibility index (Phi) is 3.71. The number of benzene rings is 2. The van der Waals surface area contributed by atoms with Gasteiger partial charge in [-0.3, -0.25) is 0 Å². The Morgan fingerprint density at radius 3 is 1.35 bits per heavy atom. The molecule has 86 valence electrons. The molecule has 2 rings (SSSR count). The molecule has 0 aliphatic rings. The number of hydrogen-bond donors (Lipinski definition) is 0. The smallest absolute Gasteiger partial charge is 0.529 e. The molecule has 0 N–H and O–H groups in total. The Bertz CT molecular complexity index is 417. The Balaban J connectivity index is 1.83. The predicted molar refractivity (Wildman–Crippen MR) is 70.8 cm³/mol. The van der Waals surface area contributed by atoms with Crippen LogP contribution in [-0.2, 0) is 0 Å². The summed E-state index contributed by atoms with van der Waals surface area (Å²) >= 11 is 0. The summed E-state index contributed by atoms with van der Waals surface area (Å²) in [7, 11) is 0.228. The first-order valence-electron chi connectivity index (χ1n) is 5.63. The van der Waals surface area contributed by atoms with Crippen molar-refractivity contribution in [3.05, 3.63) is 59.7 Å². The highest BCUT2D eigenvalue weighted by atomic mass is 16.6. The topological polar surface area (TPSA) is 18.5 Å². The fourth-order valence-electron chi connectivity index (χ4n) is 1.43. The van der Waals surface area contributed by atoms with Gasteiger partial charge in [0.05, 0.1) is 0 Å². The first-order valence-corrected chi connectivity index (χ1v) is 5.63. The van der Waals surface area contributed by atoms with Crippen LogP contribution in [0.25, 0.3) is 0 Å². The quantitative estimate of drug-likeness (QED) is 0.746. The minimum Gasteiger partial charge on any atom is -0.529 e. The van der Waals surface area contributed by atoms with Crippen LogP contribution in [0.4, 0.5) is 0 Å². The third-order valence-corrected chi connectivity index (χ3v) is 2.49. The van der Waals surface area contributed by atoms with Gasteiger partial charge in [-0.05, 0) is 38.1 Å². The molecular formula is C14H15BO2. The Hall–Kier alpha value is -1.90. The summed E-state index contributed by atoms with van der Waals surface area (Å²) in [6.07, 6.45) is 0. The first kappa shape index (κ1) is 11.6. The maximum Gasteiger partial charge on any atom is 0.576 e. The Morgan fingerprint density at radius 2 is 1.00 bits per heavy atom. The second-order valence-corrected chi connectivity index (χ2v) is 4.03. The fraction of sp³-hybridized carbons (Fsp3) is 0.143. The molecule has 0 spiro atoms. The molecule has 0 aromatic heterocycles. The van der Waals surface area contributed by atoms with Gasteiger partial charge >= 0.3 is 7.69 Å². The molecule has 2 nitrogen and oxygen atoms in total. The van der Waals surface area contributed by atoms with E-state index >= 15 is 0 Å². The Labute approximate surface area is 103 Å². The zero-order valence-electron chi connectivity index (χ0n) is 10.1. The van der Waals surface area contributed by atoms with Gasteiger partial charge in [-0.15, -0.1) is 0 Å². The minimum absolute atomic E-state index is 0.228. The molecule has 3 heteroatoms. The molecule has 2 aromatic carbocycles. The van der Waals surface area contributed by atoms with E-state index in [9.17, 15) is 0 Å². The summed E-state index contributed by atoms with van der Waals surface area (Å²) in [5, 5.41) is 0. The molecule has 0 saturated carbocycles. The third-order valence-electron chi connectivity index (χ3n) is 2.49. The van der Waals surface area contributed by atoms with Gasteiger partial charge in [-0.1, -0.05) is 35.4 Å². The van der Waals surface area contributed by atoms with Crippen molar-refractivity contribution in [3.63, 3.8) is 0 Å². The lowest BCUT2D eigenvalue weighted by Gasteiger charge is -2.07. The van der Waals surface area contributed by atoms with Crippen molar-refractivity contribution in [1.29, 1.82) is 0 Å². The summed E-state index contributed by atoms with van der Waals surface area (Å²) in [6, 6.07) is 15.8. The molecule has 0 saturated heterocycles. The van der Waals surface area contributed by atoms with Gasteiger partial charge in [0.2, 0.25) is 0 Å². The molecule has 0 amide bonds. The van der Waals surface area contributed by atoms with Gasteiger partial charge in [0.25, 0.3) is 0 Å². The molecule has 0 atom stereocenters. The highest BCUT2D eigenvalue weighted by molar-refractivity contribution is 6.20. The van der Waals surface area contributed by atoms with E-state index in [-0.39, 0.29) is 7.69 Å². The van der Waals surface area contributed by atoms with Crippen LogP contribution in [0.2, 0.25) is 0 Å². The van der Waals surface area contributed by atoms with Gasteiger partial charge in [-0.25, -0.2) is 0 Å². The van der Waals surface area contributed by atoms with E-state index in [0.29, 0.717) is 0 Å². The number of rotatable bonds is 4. The first-order chi connectivity index (χ1) is 8.24. The van der Waals surface area contributed by atoms with Crippen molar-refractivity contribution in [2.75, 3.05) is 0 Å². The fourth-order valence-corrected chi connectivity index (χ4v) is 1.43. The van der Waals surface area contributed by atoms with Crippen molar-refractivity contribution in [1.82, 2.24) is 0 Å². The van der Waals surface area contributed by atoms with Crippen molar-refractivity contribution in [3.8, 4) is 11.5 Å². The lowest BCUT2D eigenvalue weighted by Crippen LogP contribution is -2.10. The van der Waals surface area contributed by atoms with Crippen LogP contribution in [0.5, 0.6) is 11.5 Å². The molecule has 0 radical (unpaired) electrons. The average molecular weight is 226 g/mol. The zero-order valence-corrected chi connectivity index (χ0v) is 10.1. The number of hydrogen-bond acceptors (Lipinski definition) is 2. The van der Waals surface area contributed by atoms with E-state index in [1.54, 1.807) is 0 Å². The largest absolute Gasteiger partial charge is 0.576 e. The molecule has 0 aliphatic heterocycles. The second-order valence-electron chi connectivity index (χ2n) is 4.03. The predicted octanol–water partition coefficient (Wildman–Crippen LogP) is 3.03. The molecule has 0 aliphatic carbocycles. The second kappa shape index (κ2) is 5.44. The third kappa shape index (κ3) is 3.56. The van der Waals surface area contributed by atoms with Gasteiger partial charge in [0.15, 0.2) is 0 Å². The highest BCUT2D eigenvalue weighted by Crippen LogP contribution is 2.13. The normalized spacial score (nSPS) is 9.76. The molecule has 17 heavy (non-hydrogen) atoms. The number of aryl methyl sites for hydroxylation is 2. The van der Waals surface area contributed by atoms with Crippen LogP contribution >= 0.6 is 0 Å².